The minimum atomic E-state index is -0.754. The molecular formula is C17H21N3O5. The van der Waals surface area contributed by atoms with E-state index in [9.17, 15) is 19.7 Å². The maximum Gasteiger partial charge on any atom is 0.338 e. The number of carbonyl (C=O) groups excluding carboxylic acids is 2. The zero-order chi connectivity index (χ0) is 18.0. The molecule has 0 radical (unpaired) electrons. The Morgan fingerprint density at radius 3 is 2.64 bits per heavy atom. The number of nitrogens with zero attached hydrogens (tertiary/aromatic N) is 1. The van der Waals surface area contributed by atoms with Crippen molar-refractivity contribution in [1.82, 2.24) is 5.32 Å². The number of carbonyl (C=O) groups is 2. The monoisotopic (exact) mass is 347 g/mol. The van der Waals surface area contributed by atoms with Crippen LogP contribution in [0.2, 0.25) is 0 Å². The highest BCUT2D eigenvalue weighted by atomic mass is 16.6. The minimum absolute atomic E-state index is 0.0519. The molecule has 0 spiro atoms. The van der Waals surface area contributed by atoms with Crippen LogP contribution in [0.5, 0.6) is 0 Å². The predicted molar refractivity (Wildman–Crippen MR) is 90.4 cm³/mol. The summed E-state index contributed by atoms with van der Waals surface area (Å²) in [5.74, 6) is -0.613. The zero-order valence-electron chi connectivity index (χ0n) is 14.0. The molecule has 2 aliphatic rings. The first-order valence-electron chi connectivity index (χ1n) is 8.45. The number of amides is 1. The first kappa shape index (κ1) is 17.2. The van der Waals surface area contributed by atoms with Crippen molar-refractivity contribution < 1.29 is 19.2 Å². The van der Waals surface area contributed by atoms with Crippen LogP contribution in [0.4, 0.5) is 11.4 Å². The SMILES string of the molecule is C[C@@H](NC(=O)COC(=O)c1ccc(NC2CC2)c([N+](=O)[O-])c1)C1CC1. The largest absolute Gasteiger partial charge is 0.452 e. The van der Waals surface area contributed by atoms with Crippen LogP contribution in [0, 0.1) is 16.0 Å². The fourth-order valence-electron chi connectivity index (χ4n) is 2.60. The molecule has 1 aromatic rings. The quantitative estimate of drug-likeness (QED) is 0.424. The highest BCUT2D eigenvalue weighted by molar-refractivity contribution is 5.93. The summed E-state index contributed by atoms with van der Waals surface area (Å²) in [5.41, 5.74) is 0.268. The third-order valence-electron chi connectivity index (χ3n) is 4.42. The number of ether oxygens (including phenoxy) is 1. The third-order valence-corrected chi connectivity index (χ3v) is 4.42. The van der Waals surface area contributed by atoms with Crippen LogP contribution in [0.1, 0.15) is 43.0 Å². The van der Waals surface area contributed by atoms with Crippen molar-refractivity contribution in [2.75, 3.05) is 11.9 Å². The van der Waals surface area contributed by atoms with E-state index in [1.807, 2.05) is 6.92 Å². The van der Waals surface area contributed by atoms with Gasteiger partial charge in [0.15, 0.2) is 6.61 Å². The highest BCUT2D eigenvalue weighted by Crippen LogP contribution is 2.32. The van der Waals surface area contributed by atoms with E-state index in [1.54, 1.807) is 0 Å². The number of hydrogen-bond donors (Lipinski definition) is 2. The first-order valence-corrected chi connectivity index (χ1v) is 8.45. The van der Waals surface area contributed by atoms with Gasteiger partial charge in [-0.3, -0.25) is 14.9 Å². The van der Waals surface area contributed by atoms with Crippen molar-refractivity contribution in [2.45, 2.75) is 44.7 Å². The Hall–Kier alpha value is -2.64. The average molecular weight is 347 g/mol. The molecule has 0 aromatic heterocycles. The van der Waals surface area contributed by atoms with E-state index in [2.05, 4.69) is 10.6 Å². The number of nitro benzene ring substituents is 1. The van der Waals surface area contributed by atoms with Crippen LogP contribution in [0.3, 0.4) is 0 Å². The Morgan fingerprint density at radius 1 is 1.32 bits per heavy atom. The fraction of sp³-hybridized carbons (Fsp3) is 0.529. The maximum absolute atomic E-state index is 12.1. The molecule has 2 fully saturated rings. The van der Waals surface area contributed by atoms with Gasteiger partial charge in [0.05, 0.1) is 10.5 Å². The molecule has 0 aliphatic heterocycles. The second-order valence-electron chi connectivity index (χ2n) is 6.68. The molecule has 2 N–H and O–H groups in total. The van der Waals surface area contributed by atoms with Crippen molar-refractivity contribution in [1.29, 1.82) is 0 Å². The molecule has 1 atom stereocenters. The van der Waals surface area contributed by atoms with Gasteiger partial charge < -0.3 is 15.4 Å². The number of rotatable bonds is 8. The van der Waals surface area contributed by atoms with Gasteiger partial charge in [-0.2, -0.15) is 0 Å². The molecule has 1 aromatic carbocycles. The molecule has 0 unspecified atom stereocenters. The van der Waals surface area contributed by atoms with E-state index in [0.717, 1.165) is 25.7 Å². The Bertz CT molecular complexity index is 698. The zero-order valence-corrected chi connectivity index (χ0v) is 14.0. The van der Waals surface area contributed by atoms with Crippen LogP contribution in [-0.2, 0) is 9.53 Å². The van der Waals surface area contributed by atoms with Crippen molar-refractivity contribution in [2.24, 2.45) is 5.92 Å². The van der Waals surface area contributed by atoms with E-state index in [1.165, 1.54) is 18.2 Å². The molecule has 134 valence electrons. The molecule has 8 nitrogen and oxygen atoms in total. The summed E-state index contributed by atoms with van der Waals surface area (Å²) in [4.78, 5) is 34.5. The molecule has 0 heterocycles. The molecular weight excluding hydrogens is 326 g/mol. The van der Waals surface area contributed by atoms with Crippen LogP contribution in [0.25, 0.3) is 0 Å². The van der Waals surface area contributed by atoms with E-state index >= 15 is 0 Å². The minimum Gasteiger partial charge on any atom is -0.452 e. The van der Waals surface area contributed by atoms with Gasteiger partial charge in [0.25, 0.3) is 11.6 Å². The van der Waals surface area contributed by atoms with Crippen LogP contribution in [0.15, 0.2) is 18.2 Å². The Balaban J connectivity index is 1.58. The topological polar surface area (TPSA) is 111 Å². The standard InChI is InChI=1S/C17H21N3O5/c1-10(11-2-3-11)18-16(21)9-25-17(22)12-4-7-14(19-13-5-6-13)15(8-12)20(23)24/h4,7-8,10-11,13,19H,2-3,5-6,9H2,1H3,(H,18,21)/t10-/m1/s1. The van der Waals surface area contributed by atoms with E-state index in [4.69, 9.17) is 4.74 Å². The maximum atomic E-state index is 12.1. The van der Waals surface area contributed by atoms with E-state index < -0.39 is 17.5 Å². The summed E-state index contributed by atoms with van der Waals surface area (Å²) in [6.45, 7) is 1.53. The van der Waals surface area contributed by atoms with Gasteiger partial charge in [-0.1, -0.05) is 0 Å². The van der Waals surface area contributed by atoms with Gasteiger partial charge >= 0.3 is 5.97 Å². The summed E-state index contributed by atoms with van der Waals surface area (Å²) >= 11 is 0. The second kappa shape index (κ2) is 7.08. The van der Waals surface area contributed by atoms with Crippen LogP contribution in [-0.4, -0.2) is 35.5 Å². The lowest BCUT2D eigenvalue weighted by Gasteiger charge is -2.13. The lowest BCUT2D eigenvalue weighted by molar-refractivity contribution is -0.384. The number of hydrogen-bond acceptors (Lipinski definition) is 6. The second-order valence-corrected chi connectivity index (χ2v) is 6.68. The van der Waals surface area contributed by atoms with Crippen molar-refractivity contribution in [3.8, 4) is 0 Å². The summed E-state index contributed by atoms with van der Waals surface area (Å²) in [6, 6.07) is 4.47. The number of nitrogens with one attached hydrogen (secondary N) is 2. The molecule has 25 heavy (non-hydrogen) atoms. The number of benzene rings is 1. The summed E-state index contributed by atoms with van der Waals surface area (Å²) in [7, 11) is 0. The Kier molecular flexibility index (Phi) is 4.87. The Labute approximate surface area is 145 Å². The summed E-state index contributed by atoms with van der Waals surface area (Å²) in [6.07, 6.45) is 4.17. The summed E-state index contributed by atoms with van der Waals surface area (Å²) in [5, 5.41) is 17.0. The van der Waals surface area contributed by atoms with Crippen molar-refractivity contribution in [3.63, 3.8) is 0 Å². The van der Waals surface area contributed by atoms with Gasteiger partial charge in [-0.15, -0.1) is 0 Å². The predicted octanol–water partition coefficient (Wildman–Crippen LogP) is 2.24. The van der Waals surface area contributed by atoms with Gasteiger partial charge in [-0.05, 0) is 50.7 Å². The lowest BCUT2D eigenvalue weighted by atomic mass is 10.1. The Morgan fingerprint density at radius 2 is 2.04 bits per heavy atom. The molecule has 8 heteroatoms. The fourth-order valence-corrected chi connectivity index (χ4v) is 2.60. The average Bonchev–Trinajstić information content (AvgIpc) is 3.45. The van der Waals surface area contributed by atoms with Crippen molar-refractivity contribution >= 4 is 23.3 Å². The number of anilines is 1. The first-order chi connectivity index (χ1) is 11.9. The lowest BCUT2D eigenvalue weighted by Crippen LogP contribution is -2.37. The van der Waals surface area contributed by atoms with E-state index in [-0.39, 0.29) is 29.2 Å². The van der Waals surface area contributed by atoms with Crippen LogP contribution < -0.4 is 10.6 Å². The van der Waals surface area contributed by atoms with Gasteiger partial charge in [0.1, 0.15) is 5.69 Å². The van der Waals surface area contributed by atoms with Crippen molar-refractivity contribution in [3.05, 3.63) is 33.9 Å². The van der Waals surface area contributed by atoms with E-state index in [0.29, 0.717) is 11.6 Å². The molecule has 3 rings (SSSR count). The van der Waals surface area contributed by atoms with Gasteiger partial charge in [0.2, 0.25) is 0 Å². The normalized spacial score (nSPS) is 17.5. The molecule has 0 bridgehead atoms. The molecule has 2 aliphatic carbocycles. The molecule has 1 amide bonds. The molecule has 0 saturated heterocycles. The number of esters is 1. The van der Waals surface area contributed by atoms with Gasteiger partial charge in [0, 0.05) is 18.2 Å². The van der Waals surface area contributed by atoms with Crippen LogP contribution >= 0.6 is 0 Å². The highest BCUT2D eigenvalue weighted by Gasteiger charge is 2.29. The third kappa shape index (κ3) is 4.68. The van der Waals surface area contributed by atoms with Gasteiger partial charge in [-0.25, -0.2) is 4.79 Å². The smallest absolute Gasteiger partial charge is 0.338 e. The number of nitro groups is 1. The summed E-state index contributed by atoms with van der Waals surface area (Å²) < 4.78 is 4.96. The molecule has 2 saturated carbocycles.